The maximum absolute atomic E-state index is 12.4. The average Bonchev–Trinajstić information content (AvgIpc) is 2.80. The molecule has 2 aromatic carbocycles. The van der Waals surface area contributed by atoms with Crippen LogP contribution in [0.3, 0.4) is 0 Å². The van der Waals surface area contributed by atoms with Gasteiger partial charge in [0.05, 0.1) is 31.8 Å². The zero-order valence-corrected chi connectivity index (χ0v) is 18.2. The van der Waals surface area contributed by atoms with Gasteiger partial charge in [-0.05, 0) is 62.4 Å². The van der Waals surface area contributed by atoms with Crippen molar-refractivity contribution < 1.29 is 19.0 Å². The first-order chi connectivity index (χ1) is 15.6. The zero-order valence-electron chi connectivity index (χ0n) is 18.2. The van der Waals surface area contributed by atoms with E-state index in [4.69, 9.17) is 14.2 Å². The van der Waals surface area contributed by atoms with Crippen molar-refractivity contribution in [2.24, 2.45) is 0 Å². The summed E-state index contributed by atoms with van der Waals surface area (Å²) in [6.45, 7) is 5.55. The summed E-state index contributed by atoms with van der Waals surface area (Å²) in [6, 6.07) is 16.0. The lowest BCUT2D eigenvalue weighted by Crippen LogP contribution is -2.34. The van der Waals surface area contributed by atoms with Crippen molar-refractivity contribution in [2.45, 2.75) is 20.4 Å². The van der Waals surface area contributed by atoms with Gasteiger partial charge in [0.1, 0.15) is 30.4 Å². The first-order valence-electron chi connectivity index (χ1n) is 10.5. The number of rotatable bonds is 11. The van der Waals surface area contributed by atoms with E-state index in [9.17, 15) is 9.59 Å². The molecule has 0 saturated heterocycles. The number of hydrogen-bond acceptors (Lipinski definition) is 6. The van der Waals surface area contributed by atoms with Gasteiger partial charge < -0.3 is 19.5 Å². The molecular weight excluding hydrogens is 410 g/mol. The minimum Gasteiger partial charge on any atom is -0.494 e. The standard InChI is InChI=1S/C24H27N3O5/c1-3-30-19-7-5-18(6-8-19)22-15-24(29)27(17-26-22)16-23(28)25-13-14-32-21-11-9-20(10-12-21)31-4-2/h5-12,15,17H,3-4,13-14,16H2,1-2H3,(H,25,28). The predicted octanol–water partition coefficient (Wildman–Crippen LogP) is 2.90. The third-order valence-corrected chi connectivity index (χ3v) is 4.48. The van der Waals surface area contributed by atoms with Crippen LogP contribution in [0.5, 0.6) is 17.2 Å². The van der Waals surface area contributed by atoms with Crippen LogP contribution < -0.4 is 25.1 Å². The van der Waals surface area contributed by atoms with Crippen LogP contribution in [0.15, 0.2) is 65.7 Å². The Morgan fingerprint density at radius 2 is 1.47 bits per heavy atom. The van der Waals surface area contributed by atoms with Gasteiger partial charge in [-0.1, -0.05) is 0 Å². The molecule has 0 spiro atoms. The number of aromatic nitrogens is 2. The van der Waals surface area contributed by atoms with E-state index in [1.165, 1.54) is 17.0 Å². The summed E-state index contributed by atoms with van der Waals surface area (Å²) in [6.07, 6.45) is 1.38. The molecule has 3 rings (SSSR count). The molecule has 0 fully saturated rings. The second-order valence-electron chi connectivity index (χ2n) is 6.80. The number of carbonyl (C=O) groups is 1. The number of hydrogen-bond donors (Lipinski definition) is 1. The molecule has 1 N–H and O–H groups in total. The molecule has 1 aromatic heterocycles. The molecule has 8 nitrogen and oxygen atoms in total. The Balaban J connectivity index is 1.47. The van der Waals surface area contributed by atoms with Crippen molar-refractivity contribution in [3.8, 4) is 28.5 Å². The van der Waals surface area contributed by atoms with E-state index in [0.29, 0.717) is 37.8 Å². The summed E-state index contributed by atoms with van der Waals surface area (Å²) in [5, 5.41) is 2.73. The number of amides is 1. The van der Waals surface area contributed by atoms with Gasteiger partial charge in [-0.15, -0.1) is 0 Å². The normalized spacial score (nSPS) is 10.4. The molecule has 0 aliphatic carbocycles. The summed E-state index contributed by atoms with van der Waals surface area (Å²) < 4.78 is 17.7. The fourth-order valence-electron chi connectivity index (χ4n) is 2.96. The molecule has 0 unspecified atom stereocenters. The number of nitrogens with zero attached hydrogens (tertiary/aromatic N) is 2. The van der Waals surface area contributed by atoms with E-state index < -0.39 is 0 Å². The van der Waals surface area contributed by atoms with Gasteiger partial charge in [0, 0.05) is 11.6 Å². The van der Waals surface area contributed by atoms with Crippen LogP contribution in [0, 0.1) is 0 Å². The average molecular weight is 437 g/mol. The van der Waals surface area contributed by atoms with Gasteiger partial charge >= 0.3 is 0 Å². The van der Waals surface area contributed by atoms with Crippen molar-refractivity contribution >= 4 is 5.91 Å². The number of benzene rings is 2. The Bertz CT molecular complexity index is 1060. The molecule has 8 heteroatoms. The van der Waals surface area contributed by atoms with Gasteiger partial charge in [0.15, 0.2) is 0 Å². The summed E-state index contributed by atoms with van der Waals surface area (Å²) in [4.78, 5) is 28.9. The Hall–Kier alpha value is -3.81. The molecule has 168 valence electrons. The highest BCUT2D eigenvalue weighted by Crippen LogP contribution is 2.19. The molecule has 0 atom stereocenters. The third-order valence-electron chi connectivity index (χ3n) is 4.48. The number of carbonyl (C=O) groups excluding carboxylic acids is 1. The maximum atomic E-state index is 12.4. The maximum Gasteiger partial charge on any atom is 0.254 e. The lowest BCUT2D eigenvalue weighted by Gasteiger charge is -2.10. The molecule has 0 radical (unpaired) electrons. The first kappa shape index (κ1) is 22.9. The molecule has 0 aliphatic rings. The summed E-state index contributed by atoms with van der Waals surface area (Å²) in [5.74, 6) is 1.93. The second-order valence-corrected chi connectivity index (χ2v) is 6.80. The van der Waals surface area contributed by atoms with Gasteiger partial charge in [-0.25, -0.2) is 4.98 Å². The highest BCUT2D eigenvalue weighted by molar-refractivity contribution is 5.75. The van der Waals surface area contributed by atoms with Gasteiger partial charge in [-0.3, -0.25) is 14.2 Å². The SMILES string of the molecule is CCOc1ccc(OCCNC(=O)Cn2cnc(-c3ccc(OCC)cc3)cc2=O)cc1. The highest BCUT2D eigenvalue weighted by atomic mass is 16.5. The first-order valence-corrected chi connectivity index (χ1v) is 10.5. The van der Waals surface area contributed by atoms with E-state index in [0.717, 1.165) is 17.1 Å². The van der Waals surface area contributed by atoms with E-state index in [2.05, 4.69) is 10.3 Å². The van der Waals surface area contributed by atoms with E-state index in [1.807, 2.05) is 62.4 Å². The third kappa shape index (κ3) is 6.60. The molecular formula is C24H27N3O5. The van der Waals surface area contributed by atoms with E-state index in [-0.39, 0.29) is 18.0 Å². The van der Waals surface area contributed by atoms with Crippen molar-refractivity contribution in [1.29, 1.82) is 0 Å². The van der Waals surface area contributed by atoms with Crippen LogP contribution in [0.4, 0.5) is 0 Å². The quantitative estimate of drug-likeness (QED) is 0.464. The van der Waals surface area contributed by atoms with Crippen molar-refractivity contribution in [3.05, 3.63) is 71.3 Å². The topological polar surface area (TPSA) is 91.7 Å². The molecule has 0 saturated carbocycles. The van der Waals surface area contributed by atoms with Crippen LogP contribution in [-0.2, 0) is 11.3 Å². The smallest absolute Gasteiger partial charge is 0.254 e. The minimum atomic E-state index is -0.301. The van der Waals surface area contributed by atoms with Crippen LogP contribution >= 0.6 is 0 Å². The molecule has 0 bridgehead atoms. The number of ether oxygens (including phenoxy) is 3. The highest BCUT2D eigenvalue weighted by Gasteiger charge is 2.07. The number of nitrogens with one attached hydrogen (secondary N) is 1. The van der Waals surface area contributed by atoms with Crippen LogP contribution in [-0.4, -0.2) is 41.8 Å². The van der Waals surface area contributed by atoms with Crippen LogP contribution in [0.2, 0.25) is 0 Å². The molecule has 1 amide bonds. The fourth-order valence-corrected chi connectivity index (χ4v) is 2.96. The van der Waals surface area contributed by atoms with Gasteiger partial charge in [-0.2, -0.15) is 0 Å². The largest absolute Gasteiger partial charge is 0.494 e. The van der Waals surface area contributed by atoms with Crippen molar-refractivity contribution in [3.63, 3.8) is 0 Å². The van der Waals surface area contributed by atoms with E-state index in [1.54, 1.807) is 0 Å². The van der Waals surface area contributed by atoms with Crippen LogP contribution in [0.1, 0.15) is 13.8 Å². The molecule has 1 heterocycles. The molecule has 3 aromatic rings. The minimum absolute atomic E-state index is 0.113. The fraction of sp³-hybridized carbons (Fsp3) is 0.292. The molecule has 0 aliphatic heterocycles. The Morgan fingerprint density at radius 1 is 0.906 bits per heavy atom. The Labute approximate surface area is 186 Å². The zero-order chi connectivity index (χ0) is 22.8. The second kappa shape index (κ2) is 11.5. The van der Waals surface area contributed by atoms with Gasteiger partial charge in [0.25, 0.3) is 5.56 Å². The van der Waals surface area contributed by atoms with E-state index >= 15 is 0 Å². The molecule has 32 heavy (non-hydrogen) atoms. The Morgan fingerprint density at radius 3 is 2.03 bits per heavy atom. The lowest BCUT2D eigenvalue weighted by molar-refractivity contribution is -0.121. The summed E-state index contributed by atoms with van der Waals surface area (Å²) in [5.41, 5.74) is 1.04. The van der Waals surface area contributed by atoms with Crippen LogP contribution in [0.25, 0.3) is 11.3 Å². The monoisotopic (exact) mass is 437 g/mol. The lowest BCUT2D eigenvalue weighted by atomic mass is 10.1. The summed E-state index contributed by atoms with van der Waals surface area (Å²) in [7, 11) is 0. The summed E-state index contributed by atoms with van der Waals surface area (Å²) >= 11 is 0. The van der Waals surface area contributed by atoms with Crippen molar-refractivity contribution in [2.75, 3.05) is 26.4 Å². The van der Waals surface area contributed by atoms with Crippen molar-refractivity contribution in [1.82, 2.24) is 14.9 Å². The van der Waals surface area contributed by atoms with Gasteiger partial charge in [0.2, 0.25) is 5.91 Å². The Kier molecular flexibility index (Phi) is 8.25. The predicted molar refractivity (Wildman–Crippen MR) is 121 cm³/mol.